The smallest absolute Gasteiger partial charge is 0.388 e. The number of fused-ring (bicyclic) bond motifs is 1. The quantitative estimate of drug-likeness (QED) is 0.407. The molecule has 0 radical (unpaired) electrons. The van der Waals surface area contributed by atoms with Crippen LogP contribution in [0.1, 0.15) is 28.9 Å². The lowest BCUT2D eigenvalue weighted by atomic mass is 10.1. The summed E-state index contributed by atoms with van der Waals surface area (Å²) in [5.74, 6) is -0.0433. The molecule has 8 nitrogen and oxygen atoms in total. The summed E-state index contributed by atoms with van der Waals surface area (Å²) in [6.45, 7) is -1.00. The minimum Gasteiger partial charge on any atom is -0.417 e. The number of hydrogen-bond donors (Lipinski definition) is 3. The van der Waals surface area contributed by atoms with Crippen molar-refractivity contribution >= 4 is 28.6 Å². The summed E-state index contributed by atoms with van der Waals surface area (Å²) in [5, 5.41) is 6.06. The Kier molecular flexibility index (Phi) is 5.69. The summed E-state index contributed by atoms with van der Waals surface area (Å²) >= 11 is 0. The van der Waals surface area contributed by atoms with Gasteiger partial charge >= 0.3 is 6.61 Å². The van der Waals surface area contributed by atoms with Crippen molar-refractivity contribution in [2.24, 2.45) is 0 Å². The molecule has 0 bridgehead atoms. The van der Waals surface area contributed by atoms with Gasteiger partial charge in [-0.15, -0.1) is 0 Å². The van der Waals surface area contributed by atoms with E-state index in [1.807, 2.05) is 31.2 Å². The molecule has 3 N–H and O–H groups in total. The van der Waals surface area contributed by atoms with Gasteiger partial charge in [-0.1, -0.05) is 12.1 Å². The lowest BCUT2D eigenvalue weighted by molar-refractivity contribution is -0.0528. The second-order valence-corrected chi connectivity index (χ2v) is 6.68. The van der Waals surface area contributed by atoms with Gasteiger partial charge in [0.1, 0.15) is 11.3 Å². The fourth-order valence-corrected chi connectivity index (χ4v) is 2.97. The molecule has 0 spiro atoms. The third kappa shape index (κ3) is 4.92. The highest BCUT2D eigenvalue weighted by Crippen LogP contribution is 2.22. The summed E-state index contributed by atoms with van der Waals surface area (Å²) in [6.07, 6.45) is 4.60. The van der Waals surface area contributed by atoms with Crippen LogP contribution in [0.3, 0.4) is 0 Å². The molecule has 0 saturated heterocycles. The SMILES string of the molecule is C[C@H](Nc1cnc2[nH]ccc2n1)c1cccc(NC(=O)c2ccc(OC(F)F)nc2)c1. The van der Waals surface area contributed by atoms with Crippen molar-refractivity contribution in [2.75, 3.05) is 10.6 Å². The van der Waals surface area contributed by atoms with Crippen LogP contribution in [0, 0.1) is 0 Å². The van der Waals surface area contributed by atoms with E-state index in [2.05, 4.69) is 35.3 Å². The van der Waals surface area contributed by atoms with E-state index in [1.165, 1.54) is 18.3 Å². The first-order valence-electron chi connectivity index (χ1n) is 9.37. The van der Waals surface area contributed by atoms with Crippen molar-refractivity contribution in [2.45, 2.75) is 19.6 Å². The van der Waals surface area contributed by atoms with Crippen molar-refractivity contribution in [3.63, 3.8) is 0 Å². The maximum Gasteiger partial charge on any atom is 0.388 e. The predicted octanol–water partition coefficient (Wildman–Crippen LogP) is 4.38. The number of aromatic amines is 1. The third-order valence-electron chi connectivity index (χ3n) is 4.48. The monoisotopic (exact) mass is 424 g/mol. The highest BCUT2D eigenvalue weighted by molar-refractivity contribution is 6.04. The first-order valence-corrected chi connectivity index (χ1v) is 9.37. The molecule has 3 aromatic heterocycles. The van der Waals surface area contributed by atoms with E-state index in [0.29, 0.717) is 17.2 Å². The van der Waals surface area contributed by atoms with Crippen LogP contribution in [0.15, 0.2) is 61.1 Å². The number of nitrogens with one attached hydrogen (secondary N) is 3. The molecule has 31 heavy (non-hydrogen) atoms. The normalized spacial score (nSPS) is 12.0. The Hall–Kier alpha value is -4.08. The molecule has 10 heteroatoms. The van der Waals surface area contributed by atoms with Crippen LogP contribution < -0.4 is 15.4 Å². The standard InChI is InChI=1S/C21H18F2N6O2/c1-12(27-17-11-26-19-16(29-17)7-8-24-19)13-3-2-4-15(9-13)28-20(30)14-5-6-18(25-10-14)31-21(22)23/h2-12,21H,1H3,(H,24,26)(H,27,29)(H,28,30)/t12-/m0/s1. The van der Waals surface area contributed by atoms with Gasteiger partial charge in [-0.2, -0.15) is 8.78 Å². The zero-order chi connectivity index (χ0) is 21.8. The van der Waals surface area contributed by atoms with E-state index in [1.54, 1.807) is 18.5 Å². The fourth-order valence-electron chi connectivity index (χ4n) is 2.97. The van der Waals surface area contributed by atoms with Gasteiger partial charge in [0.25, 0.3) is 5.91 Å². The summed E-state index contributed by atoms with van der Waals surface area (Å²) in [7, 11) is 0. The van der Waals surface area contributed by atoms with Gasteiger partial charge in [-0.3, -0.25) is 4.79 Å². The van der Waals surface area contributed by atoms with Crippen LogP contribution in [0.4, 0.5) is 20.3 Å². The Balaban J connectivity index is 1.42. The van der Waals surface area contributed by atoms with E-state index < -0.39 is 12.5 Å². The van der Waals surface area contributed by atoms with Gasteiger partial charge in [0.2, 0.25) is 5.88 Å². The van der Waals surface area contributed by atoms with Crippen molar-refractivity contribution in [1.29, 1.82) is 0 Å². The Morgan fingerprint density at radius 3 is 2.77 bits per heavy atom. The van der Waals surface area contributed by atoms with Gasteiger partial charge in [-0.05, 0) is 36.8 Å². The largest absolute Gasteiger partial charge is 0.417 e. The van der Waals surface area contributed by atoms with Crippen LogP contribution in [0.25, 0.3) is 11.2 Å². The Morgan fingerprint density at radius 2 is 2.00 bits per heavy atom. The second-order valence-electron chi connectivity index (χ2n) is 6.68. The second kappa shape index (κ2) is 8.74. The van der Waals surface area contributed by atoms with Crippen LogP contribution in [0.2, 0.25) is 0 Å². The average Bonchev–Trinajstić information content (AvgIpc) is 3.22. The number of anilines is 2. The van der Waals surface area contributed by atoms with Crippen LogP contribution in [0.5, 0.6) is 5.88 Å². The number of benzene rings is 1. The number of ether oxygens (including phenoxy) is 1. The molecule has 1 amide bonds. The number of amides is 1. The molecule has 1 aromatic carbocycles. The Bertz CT molecular complexity index is 1200. The first-order chi connectivity index (χ1) is 15.0. The van der Waals surface area contributed by atoms with Gasteiger partial charge in [0.05, 0.1) is 17.8 Å². The summed E-state index contributed by atoms with van der Waals surface area (Å²) in [4.78, 5) is 27.9. The summed E-state index contributed by atoms with van der Waals surface area (Å²) < 4.78 is 28.6. The third-order valence-corrected chi connectivity index (χ3v) is 4.48. The van der Waals surface area contributed by atoms with E-state index in [0.717, 1.165) is 11.1 Å². The van der Waals surface area contributed by atoms with Crippen molar-refractivity contribution in [3.05, 3.63) is 72.2 Å². The van der Waals surface area contributed by atoms with Crippen LogP contribution in [-0.2, 0) is 0 Å². The lowest BCUT2D eigenvalue weighted by Crippen LogP contribution is -2.14. The number of carbonyl (C=O) groups excluding carboxylic acids is 1. The number of pyridine rings is 1. The van der Waals surface area contributed by atoms with Crippen LogP contribution in [-0.4, -0.2) is 32.5 Å². The molecule has 4 aromatic rings. The minimum atomic E-state index is -2.97. The lowest BCUT2D eigenvalue weighted by Gasteiger charge is -2.16. The minimum absolute atomic E-state index is 0.102. The van der Waals surface area contributed by atoms with Crippen LogP contribution >= 0.6 is 0 Å². The van der Waals surface area contributed by atoms with Gasteiger partial charge in [0, 0.05) is 24.1 Å². The predicted molar refractivity (Wildman–Crippen MR) is 111 cm³/mol. The van der Waals surface area contributed by atoms with Gasteiger partial charge in [0.15, 0.2) is 5.65 Å². The first kappa shape index (κ1) is 20.2. The number of aromatic nitrogens is 4. The molecule has 0 unspecified atom stereocenters. The number of alkyl halides is 2. The van der Waals surface area contributed by atoms with Crippen molar-refractivity contribution in [1.82, 2.24) is 19.9 Å². The van der Waals surface area contributed by atoms with Crippen molar-refractivity contribution in [3.8, 4) is 5.88 Å². The van der Waals surface area contributed by atoms with E-state index in [4.69, 9.17) is 0 Å². The molecule has 4 rings (SSSR count). The molecular weight excluding hydrogens is 406 g/mol. The summed E-state index contributed by atoms with van der Waals surface area (Å²) in [5.41, 5.74) is 3.19. The number of nitrogens with zero attached hydrogens (tertiary/aromatic N) is 3. The molecular formula is C21H18F2N6O2. The molecule has 0 saturated carbocycles. The average molecular weight is 424 g/mol. The fraction of sp³-hybridized carbons (Fsp3) is 0.143. The highest BCUT2D eigenvalue weighted by atomic mass is 19.3. The molecule has 158 valence electrons. The van der Waals surface area contributed by atoms with E-state index in [9.17, 15) is 13.6 Å². The molecule has 1 atom stereocenters. The van der Waals surface area contributed by atoms with Gasteiger partial charge < -0.3 is 20.4 Å². The maximum atomic E-state index is 12.4. The zero-order valence-electron chi connectivity index (χ0n) is 16.3. The summed E-state index contributed by atoms with van der Waals surface area (Å²) in [6, 6.07) is 11.6. The zero-order valence-corrected chi connectivity index (χ0v) is 16.3. The number of rotatable bonds is 7. The molecule has 0 aliphatic carbocycles. The molecule has 0 fully saturated rings. The number of halogens is 2. The van der Waals surface area contributed by atoms with E-state index in [-0.39, 0.29) is 17.5 Å². The topological polar surface area (TPSA) is 105 Å². The van der Waals surface area contributed by atoms with E-state index >= 15 is 0 Å². The highest BCUT2D eigenvalue weighted by Gasteiger charge is 2.12. The Morgan fingerprint density at radius 1 is 1.13 bits per heavy atom. The number of carbonyl (C=O) groups is 1. The van der Waals surface area contributed by atoms with Gasteiger partial charge in [-0.25, -0.2) is 15.0 Å². The van der Waals surface area contributed by atoms with Crippen molar-refractivity contribution < 1.29 is 18.3 Å². The molecule has 0 aliphatic heterocycles. The molecule has 3 heterocycles. The number of hydrogen-bond acceptors (Lipinski definition) is 6. The Labute approximate surface area is 175 Å². The maximum absolute atomic E-state index is 12.4. The number of H-pyrrole nitrogens is 1. The molecule has 0 aliphatic rings.